The molecule has 0 bridgehead atoms. The standard InChI is InChI=1S/C18H19N5O/c1-3-23-14(12-8-10-19-11-12)6-7-15-17(23)21-16-13(5-4-9-20-16)18(24)22(15)2/h4-11,14,19H,3H2,1-2H3,(H,20,21). The third kappa shape index (κ3) is 2.11. The summed E-state index contributed by atoms with van der Waals surface area (Å²) in [5, 5.41) is 3.39. The molecule has 2 aromatic heterocycles. The van der Waals surface area contributed by atoms with E-state index in [2.05, 4.69) is 39.3 Å². The molecule has 6 heteroatoms. The van der Waals surface area contributed by atoms with E-state index in [0.29, 0.717) is 11.4 Å². The minimum Gasteiger partial charge on any atom is -0.367 e. The normalized spacial score (nSPS) is 19.8. The highest BCUT2D eigenvalue weighted by Gasteiger charge is 2.32. The lowest BCUT2D eigenvalue weighted by Crippen LogP contribution is -2.36. The van der Waals surface area contributed by atoms with Gasteiger partial charge in [-0.3, -0.25) is 4.79 Å². The highest BCUT2D eigenvalue weighted by molar-refractivity contribution is 6.01. The minimum atomic E-state index is -0.0589. The predicted molar refractivity (Wildman–Crippen MR) is 92.0 cm³/mol. The van der Waals surface area contributed by atoms with E-state index in [0.717, 1.165) is 18.1 Å². The zero-order chi connectivity index (χ0) is 16.7. The van der Waals surface area contributed by atoms with Crippen molar-refractivity contribution in [1.82, 2.24) is 19.8 Å². The number of aromatic nitrogens is 2. The predicted octanol–water partition coefficient (Wildman–Crippen LogP) is 2.71. The van der Waals surface area contributed by atoms with Gasteiger partial charge in [0.2, 0.25) is 0 Å². The van der Waals surface area contributed by atoms with Crippen LogP contribution < -0.4 is 5.32 Å². The van der Waals surface area contributed by atoms with Gasteiger partial charge in [-0.1, -0.05) is 6.08 Å². The van der Waals surface area contributed by atoms with Crippen molar-refractivity contribution in [2.45, 2.75) is 13.0 Å². The molecule has 0 aromatic carbocycles. The average molecular weight is 321 g/mol. The van der Waals surface area contributed by atoms with Crippen LogP contribution >= 0.6 is 0 Å². The summed E-state index contributed by atoms with van der Waals surface area (Å²) in [5.74, 6) is 1.44. The van der Waals surface area contributed by atoms with Crippen molar-refractivity contribution in [3.63, 3.8) is 0 Å². The Balaban J connectivity index is 1.83. The quantitative estimate of drug-likeness (QED) is 0.893. The maximum Gasteiger partial charge on any atom is 0.261 e. The fourth-order valence-corrected chi connectivity index (χ4v) is 3.30. The largest absolute Gasteiger partial charge is 0.367 e. The van der Waals surface area contributed by atoms with Crippen molar-refractivity contribution in [3.8, 4) is 0 Å². The number of anilines is 1. The first-order valence-corrected chi connectivity index (χ1v) is 8.02. The number of nitrogens with zero attached hydrogens (tertiary/aromatic N) is 3. The number of hydrogen-bond acceptors (Lipinski definition) is 4. The molecule has 0 saturated carbocycles. The van der Waals surface area contributed by atoms with E-state index in [9.17, 15) is 4.79 Å². The maximum absolute atomic E-state index is 12.8. The molecule has 122 valence electrons. The zero-order valence-corrected chi connectivity index (χ0v) is 13.7. The first-order chi connectivity index (χ1) is 11.7. The van der Waals surface area contributed by atoms with Crippen molar-refractivity contribution in [2.24, 2.45) is 0 Å². The number of pyridine rings is 1. The van der Waals surface area contributed by atoms with Gasteiger partial charge in [0, 0.05) is 32.2 Å². The molecular weight excluding hydrogens is 302 g/mol. The third-order valence-corrected chi connectivity index (χ3v) is 4.55. The Bertz CT molecular complexity index is 837. The van der Waals surface area contributed by atoms with Crippen LogP contribution in [-0.4, -0.2) is 39.3 Å². The lowest BCUT2D eigenvalue weighted by molar-refractivity contribution is 0.0837. The van der Waals surface area contributed by atoms with E-state index in [4.69, 9.17) is 0 Å². The number of aromatic amines is 1. The van der Waals surface area contributed by atoms with Crippen LogP contribution in [0.3, 0.4) is 0 Å². The van der Waals surface area contributed by atoms with Crippen LogP contribution in [0.25, 0.3) is 0 Å². The molecule has 1 unspecified atom stereocenters. The lowest BCUT2D eigenvalue weighted by atomic mass is 10.0. The Morgan fingerprint density at radius 3 is 2.96 bits per heavy atom. The SMILES string of the molecule is CCN1C2=C(C=CC1c1cc[nH]c1)N(C)C(=O)c1cccnc1N2. The molecule has 24 heavy (non-hydrogen) atoms. The molecule has 0 fully saturated rings. The highest BCUT2D eigenvalue weighted by Crippen LogP contribution is 2.35. The number of hydrogen-bond donors (Lipinski definition) is 2. The molecule has 2 N–H and O–H groups in total. The van der Waals surface area contributed by atoms with E-state index in [-0.39, 0.29) is 11.9 Å². The van der Waals surface area contributed by atoms with Crippen LogP contribution in [0.5, 0.6) is 0 Å². The number of carbonyl (C=O) groups excluding carboxylic acids is 1. The molecule has 0 saturated heterocycles. The van der Waals surface area contributed by atoms with Gasteiger partial charge in [0.1, 0.15) is 11.6 Å². The van der Waals surface area contributed by atoms with Crippen molar-refractivity contribution < 1.29 is 4.79 Å². The van der Waals surface area contributed by atoms with E-state index in [1.165, 1.54) is 5.56 Å². The summed E-state index contributed by atoms with van der Waals surface area (Å²) in [6, 6.07) is 5.77. The zero-order valence-electron chi connectivity index (χ0n) is 13.7. The fourth-order valence-electron chi connectivity index (χ4n) is 3.30. The summed E-state index contributed by atoms with van der Waals surface area (Å²) < 4.78 is 0. The summed E-state index contributed by atoms with van der Waals surface area (Å²) in [6.07, 6.45) is 9.76. The third-order valence-electron chi connectivity index (χ3n) is 4.55. The second kappa shape index (κ2) is 5.56. The maximum atomic E-state index is 12.8. The van der Waals surface area contributed by atoms with Gasteiger partial charge in [0.25, 0.3) is 5.91 Å². The number of rotatable bonds is 2. The molecule has 1 amide bonds. The van der Waals surface area contributed by atoms with Crippen molar-refractivity contribution in [1.29, 1.82) is 0 Å². The molecule has 0 spiro atoms. The van der Waals surface area contributed by atoms with Gasteiger partial charge in [-0.2, -0.15) is 0 Å². The van der Waals surface area contributed by atoms with Crippen molar-refractivity contribution >= 4 is 11.7 Å². The van der Waals surface area contributed by atoms with E-state index < -0.39 is 0 Å². The van der Waals surface area contributed by atoms with Gasteiger partial charge < -0.3 is 20.1 Å². The lowest BCUT2D eigenvalue weighted by Gasteiger charge is -2.37. The summed E-state index contributed by atoms with van der Waals surface area (Å²) in [6.45, 7) is 2.91. The average Bonchev–Trinajstić information content (AvgIpc) is 3.11. The molecule has 4 heterocycles. The van der Waals surface area contributed by atoms with Crippen molar-refractivity contribution in [3.05, 3.63) is 71.6 Å². The topological polar surface area (TPSA) is 64.3 Å². The number of H-pyrrole nitrogens is 1. The first kappa shape index (κ1) is 14.6. The molecule has 1 atom stereocenters. The molecular formula is C18H19N5O. The Morgan fingerprint density at radius 2 is 2.21 bits per heavy atom. The second-order valence-corrected chi connectivity index (χ2v) is 5.86. The number of amides is 1. The Labute approximate surface area is 140 Å². The van der Waals surface area contributed by atoms with Crippen molar-refractivity contribution in [2.75, 3.05) is 18.9 Å². The summed E-state index contributed by atoms with van der Waals surface area (Å²) >= 11 is 0. The van der Waals surface area contributed by atoms with Gasteiger partial charge in [0.15, 0.2) is 0 Å². The molecule has 2 aliphatic heterocycles. The van der Waals surface area contributed by atoms with E-state index in [1.807, 2.05) is 18.5 Å². The van der Waals surface area contributed by atoms with Gasteiger partial charge >= 0.3 is 0 Å². The number of carbonyl (C=O) groups is 1. The van der Waals surface area contributed by atoms with Gasteiger partial charge in [-0.25, -0.2) is 4.98 Å². The molecule has 0 radical (unpaired) electrons. The monoisotopic (exact) mass is 321 g/mol. The molecule has 2 aromatic rings. The Kier molecular flexibility index (Phi) is 3.37. The molecule has 2 aliphatic rings. The number of allylic oxidation sites excluding steroid dienone is 1. The Morgan fingerprint density at radius 1 is 1.33 bits per heavy atom. The highest BCUT2D eigenvalue weighted by atomic mass is 16.2. The molecule has 0 aliphatic carbocycles. The van der Waals surface area contributed by atoms with Crippen LogP contribution in [0.15, 0.2) is 60.5 Å². The summed E-state index contributed by atoms with van der Waals surface area (Å²) in [7, 11) is 1.80. The summed E-state index contributed by atoms with van der Waals surface area (Å²) in [4.78, 5) is 24.2. The molecule has 6 nitrogen and oxygen atoms in total. The van der Waals surface area contributed by atoms with Gasteiger partial charge in [0.05, 0.1) is 17.3 Å². The first-order valence-electron chi connectivity index (χ1n) is 8.02. The van der Waals surface area contributed by atoms with E-state index >= 15 is 0 Å². The van der Waals surface area contributed by atoms with Crippen LogP contribution in [-0.2, 0) is 0 Å². The summed E-state index contributed by atoms with van der Waals surface area (Å²) in [5.41, 5.74) is 2.62. The number of nitrogens with one attached hydrogen (secondary N) is 2. The van der Waals surface area contributed by atoms with Crippen LogP contribution in [0.1, 0.15) is 28.9 Å². The van der Waals surface area contributed by atoms with Gasteiger partial charge in [-0.05, 0) is 36.8 Å². The van der Waals surface area contributed by atoms with Crippen LogP contribution in [0.2, 0.25) is 0 Å². The number of likely N-dealkylation sites (N-methyl/N-ethyl adjacent to an activating group) is 2. The number of fused-ring (bicyclic) bond motifs is 1. The molecule has 4 rings (SSSR count). The van der Waals surface area contributed by atoms with Crippen LogP contribution in [0.4, 0.5) is 5.82 Å². The smallest absolute Gasteiger partial charge is 0.261 e. The second-order valence-electron chi connectivity index (χ2n) is 5.86. The minimum absolute atomic E-state index is 0.0589. The van der Waals surface area contributed by atoms with Gasteiger partial charge in [-0.15, -0.1) is 0 Å². The fraction of sp³-hybridized carbons (Fsp3) is 0.222. The Hall–Kier alpha value is -3.02. The van der Waals surface area contributed by atoms with Crippen LogP contribution in [0, 0.1) is 0 Å². The van der Waals surface area contributed by atoms with E-state index in [1.54, 1.807) is 30.3 Å².